The van der Waals surface area contributed by atoms with Crippen LogP contribution in [0.15, 0.2) is 42.5 Å². The molecule has 1 saturated carbocycles. The molecule has 0 saturated heterocycles. The maximum Gasteiger partial charge on any atom is 0.243 e. The van der Waals surface area contributed by atoms with E-state index in [4.69, 9.17) is 27.9 Å². The van der Waals surface area contributed by atoms with Gasteiger partial charge in [-0.2, -0.15) is 0 Å². The van der Waals surface area contributed by atoms with E-state index in [0.717, 1.165) is 42.6 Å². The molecule has 2 amide bonds. The minimum atomic E-state index is -0.528. The van der Waals surface area contributed by atoms with Gasteiger partial charge in [0.15, 0.2) is 0 Å². The number of rotatable bonds is 11. The number of methoxy groups -OCH3 is 1. The first-order valence-electron chi connectivity index (χ1n) is 11.7. The van der Waals surface area contributed by atoms with Crippen molar-refractivity contribution in [3.8, 4) is 5.75 Å². The second kappa shape index (κ2) is 13.3. The molecule has 0 unspecified atom stereocenters. The van der Waals surface area contributed by atoms with Gasteiger partial charge in [0.25, 0.3) is 0 Å². The molecule has 184 valence electrons. The first kappa shape index (κ1) is 26.7. The number of halogens is 2. The molecule has 1 N–H and O–H groups in total. The molecule has 3 rings (SSSR count). The molecule has 2 aromatic rings. The predicted molar refractivity (Wildman–Crippen MR) is 141 cm³/mol. The van der Waals surface area contributed by atoms with E-state index < -0.39 is 6.04 Å². The minimum Gasteiger partial charge on any atom is -0.497 e. The summed E-state index contributed by atoms with van der Waals surface area (Å²) in [7, 11) is 1.62. The monoisotopic (exact) mass is 522 g/mol. The Morgan fingerprint density at radius 1 is 1.12 bits per heavy atom. The van der Waals surface area contributed by atoms with Gasteiger partial charge in [0.05, 0.1) is 12.9 Å². The summed E-state index contributed by atoms with van der Waals surface area (Å²) < 4.78 is 5.25. The Labute approximate surface area is 216 Å². The number of amides is 2. The molecular weight excluding hydrogens is 491 g/mol. The number of benzene rings is 2. The fraction of sp³-hybridized carbons (Fsp3) is 0.462. The summed E-state index contributed by atoms with van der Waals surface area (Å²) in [6.07, 6.45) is 4.82. The number of nitrogens with zero attached hydrogens (tertiary/aromatic N) is 1. The zero-order valence-electron chi connectivity index (χ0n) is 19.7. The SMILES string of the molecule is CC[C@H](C(=O)NC1CCCC1)N(Cc1ccc(OC)cc1)C(=O)CSCc1c(Cl)cccc1Cl. The van der Waals surface area contributed by atoms with Gasteiger partial charge in [0, 0.05) is 28.4 Å². The molecule has 0 aliphatic heterocycles. The Balaban J connectivity index is 1.72. The molecular formula is C26H32Cl2N2O3S. The van der Waals surface area contributed by atoms with Gasteiger partial charge in [-0.15, -0.1) is 11.8 Å². The number of ether oxygens (including phenoxy) is 1. The van der Waals surface area contributed by atoms with Crippen molar-refractivity contribution in [1.82, 2.24) is 10.2 Å². The van der Waals surface area contributed by atoms with E-state index in [2.05, 4.69) is 5.32 Å². The molecule has 0 radical (unpaired) electrons. The van der Waals surface area contributed by atoms with Crippen molar-refractivity contribution in [2.45, 2.75) is 63.4 Å². The number of nitrogens with one attached hydrogen (secondary N) is 1. The highest BCUT2D eigenvalue weighted by atomic mass is 35.5. The maximum absolute atomic E-state index is 13.4. The van der Waals surface area contributed by atoms with Crippen LogP contribution in [0.3, 0.4) is 0 Å². The molecule has 0 heterocycles. The average molecular weight is 524 g/mol. The number of carbonyl (C=O) groups excluding carboxylic acids is 2. The van der Waals surface area contributed by atoms with Gasteiger partial charge in [0.1, 0.15) is 11.8 Å². The van der Waals surface area contributed by atoms with E-state index in [1.807, 2.05) is 31.2 Å². The molecule has 2 aromatic carbocycles. The van der Waals surface area contributed by atoms with Crippen molar-refractivity contribution in [2.24, 2.45) is 0 Å². The number of thioether (sulfide) groups is 1. The molecule has 34 heavy (non-hydrogen) atoms. The van der Waals surface area contributed by atoms with Crippen molar-refractivity contribution in [1.29, 1.82) is 0 Å². The molecule has 1 fully saturated rings. The first-order valence-corrected chi connectivity index (χ1v) is 13.6. The van der Waals surface area contributed by atoms with Gasteiger partial charge in [-0.1, -0.05) is 61.2 Å². The largest absolute Gasteiger partial charge is 0.497 e. The van der Waals surface area contributed by atoms with Gasteiger partial charge in [0.2, 0.25) is 11.8 Å². The van der Waals surface area contributed by atoms with Crippen LogP contribution in [0.4, 0.5) is 0 Å². The lowest BCUT2D eigenvalue weighted by Gasteiger charge is -2.31. The Kier molecular flexibility index (Phi) is 10.4. The normalized spacial score (nSPS) is 14.6. The smallest absolute Gasteiger partial charge is 0.243 e. The Morgan fingerprint density at radius 2 is 1.76 bits per heavy atom. The van der Waals surface area contributed by atoms with Gasteiger partial charge in [-0.3, -0.25) is 9.59 Å². The van der Waals surface area contributed by atoms with Crippen molar-refractivity contribution >= 4 is 46.8 Å². The third-order valence-corrected chi connectivity index (χ3v) is 7.79. The third kappa shape index (κ3) is 7.30. The van der Waals surface area contributed by atoms with E-state index in [0.29, 0.717) is 28.8 Å². The summed E-state index contributed by atoms with van der Waals surface area (Å²) in [4.78, 5) is 28.3. The number of hydrogen-bond acceptors (Lipinski definition) is 4. The van der Waals surface area contributed by atoms with E-state index in [1.54, 1.807) is 30.2 Å². The van der Waals surface area contributed by atoms with E-state index >= 15 is 0 Å². The van der Waals surface area contributed by atoms with Gasteiger partial charge >= 0.3 is 0 Å². The summed E-state index contributed by atoms with van der Waals surface area (Å²) in [6.45, 7) is 2.30. The maximum atomic E-state index is 13.4. The molecule has 1 aliphatic carbocycles. The molecule has 0 bridgehead atoms. The van der Waals surface area contributed by atoms with Crippen LogP contribution in [0.1, 0.15) is 50.2 Å². The average Bonchev–Trinajstić information content (AvgIpc) is 3.34. The van der Waals surface area contributed by atoms with E-state index in [9.17, 15) is 9.59 Å². The van der Waals surface area contributed by atoms with Crippen molar-refractivity contribution in [3.63, 3.8) is 0 Å². The Bertz CT molecular complexity index is 945. The summed E-state index contributed by atoms with van der Waals surface area (Å²) in [5.41, 5.74) is 1.76. The molecule has 0 aromatic heterocycles. The van der Waals surface area contributed by atoms with Crippen LogP contribution in [-0.4, -0.2) is 41.7 Å². The second-order valence-electron chi connectivity index (χ2n) is 8.48. The van der Waals surface area contributed by atoms with Crippen LogP contribution in [0.5, 0.6) is 5.75 Å². The Hall–Kier alpha value is -1.89. The zero-order valence-corrected chi connectivity index (χ0v) is 22.0. The van der Waals surface area contributed by atoms with Crippen LogP contribution < -0.4 is 10.1 Å². The van der Waals surface area contributed by atoms with Gasteiger partial charge in [-0.05, 0) is 54.7 Å². The molecule has 8 heteroatoms. The molecule has 0 spiro atoms. The summed E-state index contributed by atoms with van der Waals surface area (Å²) in [6, 6.07) is 12.7. The number of carbonyl (C=O) groups is 2. The van der Waals surface area contributed by atoms with Gasteiger partial charge < -0.3 is 15.0 Å². The van der Waals surface area contributed by atoms with Crippen molar-refractivity contribution in [2.75, 3.05) is 12.9 Å². The van der Waals surface area contributed by atoms with Crippen molar-refractivity contribution < 1.29 is 14.3 Å². The molecule has 5 nitrogen and oxygen atoms in total. The van der Waals surface area contributed by atoms with Crippen LogP contribution in [0.25, 0.3) is 0 Å². The summed E-state index contributed by atoms with van der Waals surface area (Å²) in [5.74, 6) is 1.34. The van der Waals surface area contributed by atoms with Crippen molar-refractivity contribution in [3.05, 3.63) is 63.6 Å². The fourth-order valence-corrected chi connectivity index (χ4v) is 5.86. The highest BCUT2D eigenvalue weighted by Gasteiger charge is 2.30. The van der Waals surface area contributed by atoms with Crippen LogP contribution in [0, 0.1) is 0 Å². The predicted octanol–water partition coefficient (Wildman–Crippen LogP) is 6.10. The van der Waals surface area contributed by atoms with Gasteiger partial charge in [-0.25, -0.2) is 0 Å². The second-order valence-corrected chi connectivity index (χ2v) is 10.3. The molecule has 1 atom stereocenters. The minimum absolute atomic E-state index is 0.0737. The lowest BCUT2D eigenvalue weighted by molar-refractivity contribution is -0.139. The van der Waals surface area contributed by atoms with E-state index in [1.165, 1.54) is 11.8 Å². The third-order valence-electron chi connectivity index (χ3n) is 6.13. The zero-order chi connectivity index (χ0) is 24.5. The lowest BCUT2D eigenvalue weighted by Crippen LogP contribution is -2.51. The topological polar surface area (TPSA) is 58.6 Å². The fourth-order valence-electron chi connectivity index (χ4n) is 4.21. The van der Waals surface area contributed by atoms with Crippen LogP contribution in [0.2, 0.25) is 10.0 Å². The Morgan fingerprint density at radius 3 is 2.35 bits per heavy atom. The quantitative estimate of drug-likeness (QED) is 0.387. The highest BCUT2D eigenvalue weighted by molar-refractivity contribution is 7.99. The first-order chi connectivity index (χ1) is 16.4. The van der Waals surface area contributed by atoms with E-state index in [-0.39, 0.29) is 23.6 Å². The lowest BCUT2D eigenvalue weighted by atomic mass is 10.1. The molecule has 1 aliphatic rings. The van der Waals surface area contributed by atoms with Crippen LogP contribution >= 0.6 is 35.0 Å². The highest BCUT2D eigenvalue weighted by Crippen LogP contribution is 2.29. The van der Waals surface area contributed by atoms with Crippen LogP contribution in [-0.2, 0) is 21.9 Å². The number of hydrogen-bond donors (Lipinski definition) is 1. The summed E-state index contributed by atoms with van der Waals surface area (Å²) in [5, 5.41) is 4.35. The standard InChI is InChI=1S/C26H32Cl2N2O3S/c1-3-24(26(32)29-19-7-4-5-8-19)30(15-18-11-13-20(33-2)14-12-18)25(31)17-34-16-21-22(27)9-6-10-23(21)28/h6,9-14,19,24H,3-5,7-8,15-17H2,1-2H3,(H,29,32)/t24-/m1/s1. The summed E-state index contributed by atoms with van der Waals surface area (Å²) >= 11 is 14.0.